The molecule has 6 aromatic rings. The average molecular weight is 702 g/mol. The van der Waals surface area contributed by atoms with E-state index in [0.717, 1.165) is 67.1 Å². The van der Waals surface area contributed by atoms with E-state index < -0.39 is 10.8 Å². The summed E-state index contributed by atoms with van der Waals surface area (Å²) in [6, 6.07) is 14.1. The van der Waals surface area contributed by atoms with Gasteiger partial charge in [-0.05, 0) is 107 Å². The Bertz CT molecular complexity index is 2110. The molecule has 8 rings (SSSR count). The highest BCUT2D eigenvalue weighted by atomic mass is 32.1. The molecule has 11 nitrogen and oxygen atoms in total. The molecule has 2 aromatic carbocycles. The zero-order valence-electron chi connectivity index (χ0n) is 29.0. The maximum absolute atomic E-state index is 13.1. The van der Waals surface area contributed by atoms with Crippen LogP contribution in [0.25, 0.3) is 22.3 Å². The summed E-state index contributed by atoms with van der Waals surface area (Å²) < 4.78 is 8.56. The predicted molar refractivity (Wildman–Crippen MR) is 196 cm³/mol. The zero-order chi connectivity index (χ0) is 35.5. The Balaban J connectivity index is 0.000000157. The molecule has 0 spiro atoms. The molecule has 0 radical (unpaired) electrons. The first-order valence-corrected chi connectivity index (χ1v) is 17.6. The molecule has 50 heavy (non-hydrogen) atoms. The molecule has 2 aliphatic heterocycles. The van der Waals surface area contributed by atoms with Crippen molar-refractivity contribution in [3.63, 3.8) is 0 Å². The van der Waals surface area contributed by atoms with E-state index in [4.69, 9.17) is 0 Å². The number of hydrogen-bond donors (Lipinski definition) is 0. The topological polar surface area (TPSA) is 131 Å². The molecule has 2 aliphatic rings. The Labute approximate surface area is 298 Å². The van der Waals surface area contributed by atoms with Crippen molar-refractivity contribution in [1.82, 2.24) is 33.7 Å². The first kappa shape index (κ1) is 33.2. The lowest BCUT2D eigenvalue weighted by molar-refractivity contribution is -0.122. The SMILES string of the molecule is Cc1cc(N2C(=O)C(C)(C)c3ccc(-c4cnc(C)nc4)cc32)sn1.Cc1ncc(-c2ccc3c(c2)N(c2nc(C)ns2)C(=O)C3(C)C)cn1. The number of nitrogens with zero attached hydrogens (tertiary/aromatic N) is 9. The van der Waals surface area contributed by atoms with Gasteiger partial charge in [-0.1, -0.05) is 24.3 Å². The van der Waals surface area contributed by atoms with Gasteiger partial charge in [-0.2, -0.15) is 8.75 Å². The van der Waals surface area contributed by atoms with Crippen LogP contribution in [-0.2, 0) is 20.4 Å². The number of amides is 2. The number of aryl methyl sites for hydroxylation is 4. The molecular weight excluding hydrogens is 667 g/mol. The van der Waals surface area contributed by atoms with Gasteiger partial charge in [0.15, 0.2) is 0 Å². The van der Waals surface area contributed by atoms with E-state index in [2.05, 4.69) is 33.7 Å². The van der Waals surface area contributed by atoms with Crippen molar-refractivity contribution in [2.24, 2.45) is 0 Å². The van der Waals surface area contributed by atoms with Crippen LogP contribution in [0.15, 0.2) is 67.3 Å². The molecule has 0 saturated heterocycles. The number of fused-ring (bicyclic) bond motifs is 2. The Kier molecular flexibility index (Phi) is 8.14. The summed E-state index contributed by atoms with van der Waals surface area (Å²) in [7, 11) is 0. The summed E-state index contributed by atoms with van der Waals surface area (Å²) in [5, 5.41) is 1.46. The predicted octanol–water partition coefficient (Wildman–Crippen LogP) is 7.74. The minimum atomic E-state index is -0.600. The molecule has 6 heterocycles. The molecule has 0 N–H and O–H groups in total. The molecule has 252 valence electrons. The van der Waals surface area contributed by atoms with E-state index in [1.54, 1.807) is 22.2 Å². The second kappa shape index (κ2) is 12.3. The Hall–Kier alpha value is -5.27. The van der Waals surface area contributed by atoms with Gasteiger partial charge in [-0.25, -0.2) is 24.9 Å². The Morgan fingerprint density at radius 3 is 1.48 bits per heavy atom. The van der Waals surface area contributed by atoms with Crippen LogP contribution in [0.3, 0.4) is 0 Å². The van der Waals surface area contributed by atoms with Crippen LogP contribution in [0.4, 0.5) is 21.5 Å². The molecule has 0 fully saturated rings. The molecule has 0 bridgehead atoms. The average Bonchev–Trinajstić information content (AvgIpc) is 3.81. The number of anilines is 4. The lowest BCUT2D eigenvalue weighted by atomic mass is 9.85. The second-order valence-electron chi connectivity index (χ2n) is 13.5. The first-order chi connectivity index (χ1) is 23.8. The number of aromatic nitrogens is 7. The highest BCUT2D eigenvalue weighted by Gasteiger charge is 2.46. The van der Waals surface area contributed by atoms with Gasteiger partial charge in [0.1, 0.15) is 22.5 Å². The van der Waals surface area contributed by atoms with Gasteiger partial charge in [0.2, 0.25) is 16.9 Å². The molecule has 0 atom stereocenters. The monoisotopic (exact) mass is 701 g/mol. The van der Waals surface area contributed by atoms with Crippen molar-refractivity contribution in [3.05, 3.63) is 102 Å². The second-order valence-corrected chi connectivity index (χ2v) is 15.0. The van der Waals surface area contributed by atoms with Gasteiger partial charge >= 0.3 is 0 Å². The van der Waals surface area contributed by atoms with Gasteiger partial charge in [0, 0.05) is 47.4 Å². The van der Waals surface area contributed by atoms with Crippen LogP contribution in [0.5, 0.6) is 0 Å². The number of carbonyl (C=O) groups excluding carboxylic acids is 2. The summed E-state index contributed by atoms with van der Waals surface area (Å²) in [5.74, 6) is 2.22. The highest BCUT2D eigenvalue weighted by molar-refractivity contribution is 7.10. The molecule has 0 saturated carbocycles. The molecule has 2 amide bonds. The van der Waals surface area contributed by atoms with E-state index in [1.807, 2.05) is 110 Å². The van der Waals surface area contributed by atoms with Crippen LogP contribution in [0.2, 0.25) is 0 Å². The number of carbonyl (C=O) groups is 2. The van der Waals surface area contributed by atoms with E-state index in [-0.39, 0.29) is 11.8 Å². The van der Waals surface area contributed by atoms with Gasteiger partial charge in [0.05, 0.1) is 27.9 Å². The van der Waals surface area contributed by atoms with E-state index in [9.17, 15) is 9.59 Å². The third-order valence-corrected chi connectivity index (χ3v) is 10.7. The number of benzene rings is 2. The smallest absolute Gasteiger partial charge is 0.243 e. The lowest BCUT2D eigenvalue weighted by Gasteiger charge is -2.18. The highest BCUT2D eigenvalue weighted by Crippen LogP contribution is 2.48. The van der Waals surface area contributed by atoms with E-state index >= 15 is 0 Å². The fourth-order valence-electron chi connectivity index (χ4n) is 6.18. The molecule has 13 heteroatoms. The molecule has 0 aliphatic carbocycles. The van der Waals surface area contributed by atoms with Crippen molar-refractivity contribution in [1.29, 1.82) is 0 Å². The summed E-state index contributed by atoms with van der Waals surface area (Å²) in [4.78, 5) is 51.0. The van der Waals surface area contributed by atoms with E-state index in [0.29, 0.717) is 11.0 Å². The quantitative estimate of drug-likeness (QED) is 0.181. The summed E-state index contributed by atoms with van der Waals surface area (Å²) in [6.45, 7) is 15.3. The zero-order valence-corrected chi connectivity index (χ0v) is 30.6. The van der Waals surface area contributed by atoms with Gasteiger partial charge in [-0.15, -0.1) is 0 Å². The first-order valence-electron chi connectivity index (χ1n) is 16.1. The van der Waals surface area contributed by atoms with Crippen LogP contribution < -0.4 is 9.80 Å². The van der Waals surface area contributed by atoms with E-state index in [1.165, 1.54) is 23.1 Å². The maximum atomic E-state index is 13.1. The van der Waals surface area contributed by atoms with Gasteiger partial charge < -0.3 is 0 Å². The third kappa shape index (κ3) is 5.65. The van der Waals surface area contributed by atoms with Crippen molar-refractivity contribution in [2.45, 2.75) is 66.2 Å². The maximum Gasteiger partial charge on any atom is 0.243 e. The van der Waals surface area contributed by atoms with Gasteiger partial charge in [0.25, 0.3) is 0 Å². The minimum absolute atomic E-state index is 0.0101. The Morgan fingerprint density at radius 1 is 0.560 bits per heavy atom. The van der Waals surface area contributed by atoms with Crippen molar-refractivity contribution in [3.8, 4) is 22.3 Å². The summed E-state index contributed by atoms with van der Waals surface area (Å²) >= 11 is 2.59. The fraction of sp³-hybridized carbons (Fsp3) is 0.270. The van der Waals surface area contributed by atoms with Crippen molar-refractivity contribution >= 4 is 56.4 Å². The number of hydrogen-bond acceptors (Lipinski definition) is 11. The summed E-state index contributed by atoms with van der Waals surface area (Å²) in [5.41, 5.74) is 7.36. The normalized spacial score (nSPS) is 15.5. The third-order valence-electron chi connectivity index (χ3n) is 9.07. The largest absolute Gasteiger partial charge is 0.273 e. The number of rotatable bonds is 4. The standard InChI is InChI=1S/C19H18N4OS.C18H17N5OS/c1-11-7-17(25-22-11)23-16-8-13(14-9-20-12(2)21-10-14)5-6-15(16)19(3,4)18(23)24;1-10-19-8-13(9-20-10)12-5-6-14-15(7-12)23(16(24)18(14,3)4)17-21-11(2)22-25-17/h5-10H,1-4H3;5-9H,1-4H3. The van der Waals surface area contributed by atoms with Crippen LogP contribution in [0, 0.1) is 27.7 Å². The van der Waals surface area contributed by atoms with Crippen LogP contribution >= 0.6 is 23.1 Å². The lowest BCUT2D eigenvalue weighted by Crippen LogP contribution is -2.33. The van der Waals surface area contributed by atoms with Crippen molar-refractivity contribution in [2.75, 3.05) is 9.80 Å². The molecular formula is C37H35N9O2S2. The summed E-state index contributed by atoms with van der Waals surface area (Å²) in [6.07, 6.45) is 7.22. The van der Waals surface area contributed by atoms with Gasteiger partial charge in [-0.3, -0.25) is 19.4 Å². The molecule has 4 aromatic heterocycles. The van der Waals surface area contributed by atoms with Crippen LogP contribution in [0.1, 0.15) is 62.0 Å². The Morgan fingerprint density at radius 2 is 1.04 bits per heavy atom. The van der Waals surface area contributed by atoms with Crippen molar-refractivity contribution < 1.29 is 9.59 Å². The fourth-order valence-corrected chi connectivity index (χ4v) is 7.65. The minimum Gasteiger partial charge on any atom is -0.273 e. The van der Waals surface area contributed by atoms with Crippen LogP contribution in [-0.4, -0.2) is 45.5 Å². The molecule has 0 unspecified atom stereocenters.